The molecular formula is C14H14N6O. The molecule has 106 valence electrons. The van der Waals surface area contributed by atoms with Crippen LogP contribution in [0, 0.1) is 13.8 Å². The van der Waals surface area contributed by atoms with Crippen LogP contribution in [-0.2, 0) is 0 Å². The van der Waals surface area contributed by atoms with Crippen molar-refractivity contribution in [3.8, 4) is 11.6 Å². The number of rotatable bonds is 3. The van der Waals surface area contributed by atoms with Crippen LogP contribution in [0.3, 0.4) is 0 Å². The standard InChI is InChI=1S/C14H14N6O/c1-9-5-17-19(7-9)13-4-14(16-8-15-13)20-10(2)12(6-18-20)11(3)21/h4-8H,1-3H3. The van der Waals surface area contributed by atoms with E-state index in [2.05, 4.69) is 20.2 Å². The lowest BCUT2D eigenvalue weighted by molar-refractivity contribution is 0.101. The van der Waals surface area contributed by atoms with E-state index < -0.39 is 0 Å². The van der Waals surface area contributed by atoms with E-state index in [0.29, 0.717) is 17.2 Å². The van der Waals surface area contributed by atoms with Gasteiger partial charge in [-0.2, -0.15) is 10.2 Å². The zero-order chi connectivity index (χ0) is 15.0. The number of aromatic nitrogens is 6. The summed E-state index contributed by atoms with van der Waals surface area (Å²) in [6, 6.07) is 1.77. The summed E-state index contributed by atoms with van der Waals surface area (Å²) in [6.45, 7) is 5.32. The van der Waals surface area contributed by atoms with Gasteiger partial charge in [0.15, 0.2) is 17.4 Å². The summed E-state index contributed by atoms with van der Waals surface area (Å²) >= 11 is 0. The number of hydrogen-bond donors (Lipinski definition) is 0. The molecule has 21 heavy (non-hydrogen) atoms. The van der Waals surface area contributed by atoms with Crippen LogP contribution >= 0.6 is 0 Å². The zero-order valence-electron chi connectivity index (χ0n) is 12.0. The molecule has 7 nitrogen and oxygen atoms in total. The Labute approximate surface area is 121 Å². The Balaban J connectivity index is 2.06. The van der Waals surface area contributed by atoms with Gasteiger partial charge in [-0.3, -0.25) is 4.79 Å². The van der Waals surface area contributed by atoms with E-state index in [1.54, 1.807) is 27.8 Å². The van der Waals surface area contributed by atoms with Crippen molar-refractivity contribution < 1.29 is 4.79 Å². The smallest absolute Gasteiger partial charge is 0.163 e. The zero-order valence-corrected chi connectivity index (χ0v) is 12.0. The van der Waals surface area contributed by atoms with Gasteiger partial charge in [0.05, 0.1) is 23.7 Å². The normalized spacial score (nSPS) is 10.8. The minimum absolute atomic E-state index is 0.0178. The minimum Gasteiger partial charge on any atom is -0.294 e. The largest absolute Gasteiger partial charge is 0.294 e. The number of carbonyl (C=O) groups is 1. The van der Waals surface area contributed by atoms with Crippen molar-refractivity contribution in [1.29, 1.82) is 0 Å². The molecule has 0 N–H and O–H groups in total. The number of Topliss-reactive ketones (excluding diaryl/α,β-unsaturated/α-hetero) is 1. The Hall–Kier alpha value is -2.83. The third kappa shape index (κ3) is 2.33. The quantitative estimate of drug-likeness (QED) is 0.683. The number of nitrogens with zero attached hydrogens (tertiary/aromatic N) is 6. The van der Waals surface area contributed by atoms with E-state index in [1.165, 1.54) is 13.3 Å². The number of hydrogen-bond acceptors (Lipinski definition) is 5. The summed E-state index contributed by atoms with van der Waals surface area (Å²) in [5.74, 6) is 1.22. The fourth-order valence-electron chi connectivity index (χ4n) is 2.10. The summed E-state index contributed by atoms with van der Waals surface area (Å²) in [5, 5.41) is 8.44. The van der Waals surface area contributed by atoms with E-state index >= 15 is 0 Å². The summed E-state index contributed by atoms with van der Waals surface area (Å²) in [5.41, 5.74) is 2.39. The van der Waals surface area contributed by atoms with Crippen LogP contribution in [0.2, 0.25) is 0 Å². The van der Waals surface area contributed by atoms with Gasteiger partial charge in [0.25, 0.3) is 0 Å². The first-order valence-electron chi connectivity index (χ1n) is 6.46. The molecule has 0 unspecified atom stereocenters. The Morgan fingerprint density at radius 3 is 2.48 bits per heavy atom. The maximum atomic E-state index is 11.5. The van der Waals surface area contributed by atoms with E-state index in [1.807, 2.05) is 20.0 Å². The molecule has 0 bridgehead atoms. The van der Waals surface area contributed by atoms with Gasteiger partial charge in [0, 0.05) is 12.3 Å². The lowest BCUT2D eigenvalue weighted by atomic mass is 10.2. The predicted octanol–water partition coefficient (Wildman–Crippen LogP) is 1.67. The molecule has 7 heteroatoms. The van der Waals surface area contributed by atoms with Crippen molar-refractivity contribution >= 4 is 5.78 Å². The number of ketones is 1. The Bertz CT molecular complexity index is 816. The maximum Gasteiger partial charge on any atom is 0.163 e. The van der Waals surface area contributed by atoms with E-state index in [-0.39, 0.29) is 5.78 Å². The Morgan fingerprint density at radius 1 is 1.10 bits per heavy atom. The molecule has 3 rings (SSSR count). The van der Waals surface area contributed by atoms with Crippen LogP contribution in [-0.4, -0.2) is 35.3 Å². The first-order chi connectivity index (χ1) is 10.1. The van der Waals surface area contributed by atoms with Crippen molar-refractivity contribution in [2.75, 3.05) is 0 Å². The molecule has 0 spiro atoms. The second-order valence-electron chi connectivity index (χ2n) is 4.81. The van der Waals surface area contributed by atoms with Crippen LogP contribution in [0.1, 0.15) is 28.5 Å². The van der Waals surface area contributed by atoms with Crippen LogP contribution in [0.25, 0.3) is 11.6 Å². The highest BCUT2D eigenvalue weighted by Gasteiger charge is 2.13. The van der Waals surface area contributed by atoms with Gasteiger partial charge in [-0.1, -0.05) is 0 Å². The van der Waals surface area contributed by atoms with Gasteiger partial charge in [-0.25, -0.2) is 19.3 Å². The molecular weight excluding hydrogens is 268 g/mol. The van der Waals surface area contributed by atoms with E-state index in [4.69, 9.17) is 0 Å². The SMILES string of the molecule is CC(=O)c1cnn(-c2cc(-n3cc(C)cn3)ncn2)c1C. The van der Waals surface area contributed by atoms with Crippen molar-refractivity contribution in [2.45, 2.75) is 20.8 Å². The molecule has 0 aromatic carbocycles. The third-order valence-corrected chi connectivity index (χ3v) is 3.19. The third-order valence-electron chi connectivity index (χ3n) is 3.19. The number of carbonyl (C=O) groups excluding carboxylic acids is 1. The predicted molar refractivity (Wildman–Crippen MR) is 75.8 cm³/mol. The van der Waals surface area contributed by atoms with Gasteiger partial charge >= 0.3 is 0 Å². The molecule has 0 saturated carbocycles. The number of aryl methyl sites for hydroxylation is 1. The van der Waals surface area contributed by atoms with Gasteiger partial charge in [-0.15, -0.1) is 0 Å². The average Bonchev–Trinajstić information content (AvgIpc) is 3.05. The lowest BCUT2D eigenvalue weighted by Gasteiger charge is -2.06. The highest BCUT2D eigenvalue weighted by atomic mass is 16.1. The molecule has 0 radical (unpaired) electrons. The summed E-state index contributed by atoms with van der Waals surface area (Å²) in [7, 11) is 0. The molecule has 0 aliphatic carbocycles. The van der Waals surface area contributed by atoms with Crippen molar-refractivity contribution in [1.82, 2.24) is 29.5 Å². The van der Waals surface area contributed by atoms with Crippen LogP contribution in [0.4, 0.5) is 0 Å². The van der Waals surface area contributed by atoms with Crippen molar-refractivity contribution in [3.63, 3.8) is 0 Å². The van der Waals surface area contributed by atoms with Crippen LogP contribution < -0.4 is 0 Å². The minimum atomic E-state index is -0.0178. The average molecular weight is 282 g/mol. The Kier molecular flexibility index (Phi) is 3.09. The van der Waals surface area contributed by atoms with Crippen molar-refractivity contribution in [3.05, 3.63) is 47.8 Å². The molecule has 0 saturated heterocycles. The summed E-state index contributed by atoms with van der Waals surface area (Å²) in [6.07, 6.45) is 6.64. The monoisotopic (exact) mass is 282 g/mol. The molecule has 0 atom stereocenters. The lowest BCUT2D eigenvalue weighted by Crippen LogP contribution is -2.06. The van der Waals surface area contributed by atoms with Crippen molar-refractivity contribution in [2.24, 2.45) is 0 Å². The second kappa shape index (κ2) is 4.93. The summed E-state index contributed by atoms with van der Waals surface area (Å²) < 4.78 is 3.30. The summed E-state index contributed by atoms with van der Waals surface area (Å²) in [4.78, 5) is 19.9. The Morgan fingerprint density at radius 2 is 1.86 bits per heavy atom. The molecule has 3 aromatic rings. The van der Waals surface area contributed by atoms with Gasteiger partial charge in [-0.05, 0) is 26.3 Å². The van der Waals surface area contributed by atoms with E-state index in [0.717, 1.165) is 11.3 Å². The first-order valence-corrected chi connectivity index (χ1v) is 6.46. The van der Waals surface area contributed by atoms with E-state index in [9.17, 15) is 4.79 Å². The van der Waals surface area contributed by atoms with Crippen LogP contribution in [0.15, 0.2) is 31.0 Å². The molecule has 3 heterocycles. The topological polar surface area (TPSA) is 78.5 Å². The maximum absolute atomic E-state index is 11.5. The fraction of sp³-hybridized carbons (Fsp3) is 0.214. The highest BCUT2D eigenvalue weighted by Crippen LogP contribution is 2.14. The molecule has 0 fully saturated rings. The fourth-order valence-corrected chi connectivity index (χ4v) is 2.10. The molecule has 0 aliphatic heterocycles. The van der Waals surface area contributed by atoms with Gasteiger partial charge in [0.2, 0.25) is 0 Å². The second-order valence-corrected chi connectivity index (χ2v) is 4.81. The highest BCUT2D eigenvalue weighted by molar-refractivity contribution is 5.94. The molecule has 3 aromatic heterocycles. The van der Waals surface area contributed by atoms with Crippen LogP contribution in [0.5, 0.6) is 0 Å². The first kappa shape index (κ1) is 13.2. The molecule has 0 aliphatic rings. The molecule has 0 amide bonds. The van der Waals surface area contributed by atoms with Gasteiger partial charge in [0.1, 0.15) is 6.33 Å². The van der Waals surface area contributed by atoms with Gasteiger partial charge < -0.3 is 0 Å².